The van der Waals surface area contributed by atoms with E-state index in [0.717, 1.165) is 29.4 Å². The summed E-state index contributed by atoms with van der Waals surface area (Å²) in [6.45, 7) is 1.48. The summed E-state index contributed by atoms with van der Waals surface area (Å²) in [5.74, 6) is 0.292. The quantitative estimate of drug-likeness (QED) is 0.853. The first-order chi connectivity index (χ1) is 11.2. The largest absolute Gasteiger partial charge is 0.468 e. The number of hydrogen-bond donors (Lipinski definition) is 1. The molecule has 5 nitrogen and oxygen atoms in total. The molecule has 1 fully saturated rings. The Morgan fingerprint density at radius 3 is 3.04 bits per heavy atom. The fraction of sp³-hybridized carbons (Fsp3) is 0.412. The second-order valence-electron chi connectivity index (χ2n) is 5.67. The summed E-state index contributed by atoms with van der Waals surface area (Å²) in [5.41, 5.74) is 2.10. The molecule has 122 valence electrons. The number of carbonyl (C=O) groups is 2. The van der Waals surface area contributed by atoms with Crippen LogP contribution >= 0.6 is 11.8 Å². The van der Waals surface area contributed by atoms with Crippen LogP contribution in [0.3, 0.4) is 0 Å². The standard InChI is InChI=1S/C17H20N2O3S/c1-22-17(21)11-23-13-6-7-19(10-13)16(20)8-12-9-18-15-5-3-2-4-14(12)15/h2-5,9,13,18H,6-8,10-11H2,1H3/t13-/m0/s1. The Morgan fingerprint density at radius 1 is 1.39 bits per heavy atom. The summed E-state index contributed by atoms with van der Waals surface area (Å²) in [4.78, 5) is 28.8. The van der Waals surface area contributed by atoms with Crippen molar-refractivity contribution in [3.05, 3.63) is 36.0 Å². The average molecular weight is 332 g/mol. The smallest absolute Gasteiger partial charge is 0.315 e. The maximum atomic E-state index is 12.5. The predicted molar refractivity (Wildman–Crippen MR) is 91.5 cm³/mol. The Balaban J connectivity index is 1.56. The molecule has 1 aliphatic rings. The van der Waals surface area contributed by atoms with Crippen LogP contribution < -0.4 is 0 Å². The molecule has 1 aromatic heterocycles. The highest BCUT2D eigenvalue weighted by molar-refractivity contribution is 8.00. The van der Waals surface area contributed by atoms with E-state index in [4.69, 9.17) is 0 Å². The number of H-pyrrole nitrogens is 1. The molecule has 1 aromatic carbocycles. The van der Waals surface area contributed by atoms with E-state index in [1.54, 1.807) is 11.8 Å². The average Bonchev–Trinajstić information content (AvgIpc) is 3.20. The van der Waals surface area contributed by atoms with Gasteiger partial charge in [0.25, 0.3) is 0 Å². The van der Waals surface area contributed by atoms with Crippen molar-refractivity contribution in [2.75, 3.05) is 26.0 Å². The number of fused-ring (bicyclic) bond motifs is 1. The van der Waals surface area contributed by atoms with Crippen molar-refractivity contribution >= 4 is 34.5 Å². The normalized spacial score (nSPS) is 17.6. The van der Waals surface area contributed by atoms with E-state index in [0.29, 0.717) is 24.0 Å². The van der Waals surface area contributed by atoms with Gasteiger partial charge in [-0.2, -0.15) is 0 Å². The molecule has 0 radical (unpaired) electrons. The van der Waals surface area contributed by atoms with Crippen molar-refractivity contribution in [3.63, 3.8) is 0 Å². The maximum absolute atomic E-state index is 12.5. The number of aromatic amines is 1. The lowest BCUT2D eigenvalue weighted by atomic mass is 10.1. The van der Waals surface area contributed by atoms with Crippen LogP contribution in [0.5, 0.6) is 0 Å². The molecule has 0 unspecified atom stereocenters. The monoisotopic (exact) mass is 332 g/mol. The second kappa shape index (κ2) is 7.08. The van der Waals surface area contributed by atoms with Gasteiger partial charge in [0.15, 0.2) is 0 Å². The van der Waals surface area contributed by atoms with E-state index in [1.165, 1.54) is 7.11 Å². The second-order valence-corrected chi connectivity index (χ2v) is 6.96. The van der Waals surface area contributed by atoms with Crippen molar-refractivity contribution in [2.24, 2.45) is 0 Å². The molecule has 1 saturated heterocycles. The minimum atomic E-state index is -0.210. The molecular formula is C17H20N2O3S. The third-order valence-corrected chi connectivity index (χ3v) is 5.44. The molecule has 1 N–H and O–H groups in total. The first kappa shape index (κ1) is 15.9. The number of rotatable bonds is 5. The van der Waals surface area contributed by atoms with E-state index in [1.807, 2.05) is 35.4 Å². The number of amides is 1. The summed E-state index contributed by atoms with van der Waals surface area (Å²) in [6, 6.07) is 8.01. The number of hydrogen-bond acceptors (Lipinski definition) is 4. The molecule has 2 heterocycles. The van der Waals surface area contributed by atoms with Crippen LogP contribution in [-0.4, -0.2) is 53.0 Å². The molecule has 1 aliphatic heterocycles. The molecule has 0 bridgehead atoms. The van der Waals surface area contributed by atoms with Gasteiger partial charge < -0.3 is 14.6 Å². The number of aromatic nitrogens is 1. The number of ether oxygens (including phenoxy) is 1. The highest BCUT2D eigenvalue weighted by Crippen LogP contribution is 2.24. The predicted octanol–water partition coefficient (Wildman–Crippen LogP) is 2.22. The van der Waals surface area contributed by atoms with Crippen LogP contribution in [0.2, 0.25) is 0 Å². The van der Waals surface area contributed by atoms with Crippen LogP contribution in [-0.2, 0) is 20.7 Å². The SMILES string of the molecule is COC(=O)CS[C@H]1CCN(C(=O)Cc2c[nH]c3ccccc23)C1. The molecule has 2 aromatic rings. The molecule has 0 aliphatic carbocycles. The van der Waals surface area contributed by atoms with Crippen LogP contribution in [0.15, 0.2) is 30.5 Å². The van der Waals surface area contributed by atoms with Gasteiger partial charge in [-0.3, -0.25) is 9.59 Å². The summed E-state index contributed by atoms with van der Waals surface area (Å²) >= 11 is 1.57. The number of nitrogens with one attached hydrogen (secondary N) is 1. The lowest BCUT2D eigenvalue weighted by Gasteiger charge is -2.16. The molecule has 0 saturated carbocycles. The van der Waals surface area contributed by atoms with Crippen molar-refractivity contribution < 1.29 is 14.3 Å². The Labute approximate surface area is 139 Å². The Bertz CT molecular complexity index is 713. The van der Waals surface area contributed by atoms with Crippen molar-refractivity contribution in [1.82, 2.24) is 9.88 Å². The van der Waals surface area contributed by atoms with Crippen molar-refractivity contribution in [2.45, 2.75) is 18.1 Å². The summed E-state index contributed by atoms with van der Waals surface area (Å²) < 4.78 is 4.65. The number of methoxy groups -OCH3 is 1. The first-order valence-electron chi connectivity index (χ1n) is 7.68. The van der Waals surface area contributed by atoms with Gasteiger partial charge in [0, 0.05) is 35.4 Å². The number of nitrogens with zero attached hydrogens (tertiary/aromatic N) is 1. The number of carbonyl (C=O) groups excluding carboxylic acids is 2. The van der Waals surface area contributed by atoms with E-state index < -0.39 is 0 Å². The molecular weight excluding hydrogens is 312 g/mol. The lowest BCUT2D eigenvalue weighted by Crippen LogP contribution is -2.30. The first-order valence-corrected chi connectivity index (χ1v) is 8.73. The fourth-order valence-electron chi connectivity index (χ4n) is 2.89. The highest BCUT2D eigenvalue weighted by Gasteiger charge is 2.27. The van der Waals surface area contributed by atoms with Gasteiger partial charge in [0.2, 0.25) is 5.91 Å². The maximum Gasteiger partial charge on any atom is 0.315 e. The van der Waals surface area contributed by atoms with Crippen LogP contribution in [0.25, 0.3) is 10.9 Å². The highest BCUT2D eigenvalue weighted by atomic mass is 32.2. The van der Waals surface area contributed by atoms with Crippen LogP contribution in [0.1, 0.15) is 12.0 Å². The number of para-hydroxylation sites is 1. The molecule has 0 spiro atoms. The molecule has 3 rings (SSSR count). The summed E-state index contributed by atoms with van der Waals surface area (Å²) in [6.07, 6.45) is 3.27. The van der Waals surface area contributed by atoms with Gasteiger partial charge in [-0.1, -0.05) is 18.2 Å². The van der Waals surface area contributed by atoms with Crippen molar-refractivity contribution in [3.8, 4) is 0 Å². The van der Waals surface area contributed by atoms with Gasteiger partial charge in [0.05, 0.1) is 19.3 Å². The zero-order valence-corrected chi connectivity index (χ0v) is 13.9. The minimum absolute atomic E-state index is 0.149. The number of esters is 1. The number of likely N-dealkylation sites (tertiary alicyclic amines) is 1. The third-order valence-electron chi connectivity index (χ3n) is 4.18. The number of benzene rings is 1. The topological polar surface area (TPSA) is 62.4 Å². The number of thioether (sulfide) groups is 1. The molecule has 1 amide bonds. The zero-order valence-electron chi connectivity index (χ0n) is 13.1. The summed E-state index contributed by atoms with van der Waals surface area (Å²) in [5, 5.41) is 1.43. The van der Waals surface area contributed by atoms with Crippen LogP contribution in [0.4, 0.5) is 0 Å². The Kier molecular flexibility index (Phi) is 4.91. The van der Waals surface area contributed by atoms with E-state index in [-0.39, 0.29) is 11.9 Å². The summed E-state index contributed by atoms with van der Waals surface area (Å²) in [7, 11) is 1.40. The third kappa shape index (κ3) is 3.69. The van der Waals surface area contributed by atoms with E-state index in [2.05, 4.69) is 9.72 Å². The lowest BCUT2D eigenvalue weighted by molar-refractivity contribution is -0.137. The Morgan fingerprint density at radius 2 is 2.22 bits per heavy atom. The molecule has 1 atom stereocenters. The van der Waals surface area contributed by atoms with Gasteiger partial charge in [-0.25, -0.2) is 0 Å². The van der Waals surface area contributed by atoms with Crippen molar-refractivity contribution in [1.29, 1.82) is 0 Å². The molecule has 6 heteroatoms. The zero-order chi connectivity index (χ0) is 16.2. The van der Waals surface area contributed by atoms with Gasteiger partial charge >= 0.3 is 5.97 Å². The van der Waals surface area contributed by atoms with Gasteiger partial charge in [-0.15, -0.1) is 11.8 Å². The van der Waals surface area contributed by atoms with E-state index in [9.17, 15) is 9.59 Å². The minimum Gasteiger partial charge on any atom is -0.468 e. The fourth-order valence-corrected chi connectivity index (χ4v) is 3.94. The Hall–Kier alpha value is -1.95. The van der Waals surface area contributed by atoms with Gasteiger partial charge in [0.1, 0.15) is 0 Å². The van der Waals surface area contributed by atoms with Crippen LogP contribution in [0, 0.1) is 0 Å². The van der Waals surface area contributed by atoms with Gasteiger partial charge in [-0.05, 0) is 18.1 Å². The molecule has 23 heavy (non-hydrogen) atoms. The van der Waals surface area contributed by atoms with E-state index >= 15 is 0 Å².